The van der Waals surface area contributed by atoms with E-state index in [-0.39, 0.29) is 12.2 Å². The molecule has 0 aliphatic carbocycles. The van der Waals surface area contributed by atoms with Gasteiger partial charge in [0.15, 0.2) is 0 Å². The molecular weight excluding hydrogens is 454 g/mol. The van der Waals surface area contributed by atoms with Crippen molar-refractivity contribution in [2.75, 3.05) is 11.9 Å². The molecule has 5 rings (SSSR count). The van der Waals surface area contributed by atoms with Gasteiger partial charge in [0.2, 0.25) is 5.91 Å². The van der Waals surface area contributed by atoms with Crippen molar-refractivity contribution >= 4 is 40.5 Å². The van der Waals surface area contributed by atoms with Crippen LogP contribution >= 0.6 is 0 Å². The summed E-state index contributed by atoms with van der Waals surface area (Å²) >= 11 is 0. The molecule has 8 nitrogen and oxygen atoms in total. The van der Waals surface area contributed by atoms with Crippen LogP contribution in [0.3, 0.4) is 0 Å². The van der Waals surface area contributed by atoms with Gasteiger partial charge >= 0.3 is 6.03 Å². The Hall–Kier alpha value is -4.72. The molecular formula is C28H25N5O3. The Labute approximate surface area is 208 Å². The molecule has 1 saturated heterocycles. The predicted molar refractivity (Wildman–Crippen MR) is 139 cm³/mol. The van der Waals surface area contributed by atoms with E-state index in [2.05, 4.69) is 26.3 Å². The van der Waals surface area contributed by atoms with Crippen LogP contribution in [0.1, 0.15) is 22.5 Å². The molecule has 0 radical (unpaired) electrons. The Balaban J connectivity index is 1.37. The highest BCUT2D eigenvalue weighted by Crippen LogP contribution is 2.26. The van der Waals surface area contributed by atoms with Crippen molar-refractivity contribution in [2.24, 2.45) is 0 Å². The SMILES string of the molecule is Cc1cccc(NC(=O)CN2C(=O)N/C(=C/c3cc(C)n(-c4ccc5ncccc5c4)c3C)C2=O)c1. The number of nitrogens with zero attached hydrogens (tertiary/aromatic N) is 3. The second-order valence-corrected chi connectivity index (χ2v) is 8.84. The largest absolute Gasteiger partial charge is 0.329 e. The predicted octanol–water partition coefficient (Wildman–Crippen LogP) is 4.48. The van der Waals surface area contributed by atoms with E-state index in [0.717, 1.165) is 44.0 Å². The average Bonchev–Trinajstić information content (AvgIpc) is 3.27. The summed E-state index contributed by atoms with van der Waals surface area (Å²) in [6, 6.07) is 18.6. The van der Waals surface area contributed by atoms with Crippen LogP contribution in [0.15, 0.2) is 72.6 Å². The minimum Gasteiger partial charge on any atom is -0.325 e. The van der Waals surface area contributed by atoms with Crippen LogP contribution in [-0.2, 0) is 9.59 Å². The van der Waals surface area contributed by atoms with Crippen molar-refractivity contribution in [1.82, 2.24) is 19.8 Å². The summed E-state index contributed by atoms with van der Waals surface area (Å²) < 4.78 is 2.09. The lowest BCUT2D eigenvalue weighted by molar-refractivity contribution is -0.127. The standard InChI is InChI=1S/C28H25N5O3/c1-17-6-4-8-22(12-17)30-26(34)16-32-27(35)25(31-28(32)36)15-21-13-18(2)33(19(21)3)23-9-10-24-20(14-23)7-5-11-29-24/h4-15H,16H2,1-3H3,(H,30,34)(H,31,36)/b25-15+. The Kier molecular flexibility index (Phi) is 5.85. The number of imide groups is 1. The topological polar surface area (TPSA) is 96.3 Å². The summed E-state index contributed by atoms with van der Waals surface area (Å²) in [4.78, 5) is 43.2. The lowest BCUT2D eigenvalue weighted by Crippen LogP contribution is -2.38. The second kappa shape index (κ2) is 9.14. The summed E-state index contributed by atoms with van der Waals surface area (Å²) in [5.74, 6) is -0.990. The van der Waals surface area contributed by atoms with Crippen LogP contribution in [0.5, 0.6) is 0 Å². The second-order valence-electron chi connectivity index (χ2n) is 8.84. The maximum atomic E-state index is 13.0. The first-order valence-corrected chi connectivity index (χ1v) is 11.6. The average molecular weight is 480 g/mol. The number of amides is 4. The number of hydrogen-bond acceptors (Lipinski definition) is 4. The smallest absolute Gasteiger partial charge is 0.325 e. The highest BCUT2D eigenvalue weighted by atomic mass is 16.2. The molecule has 4 aromatic rings. The molecule has 8 heteroatoms. The van der Waals surface area contributed by atoms with E-state index in [1.165, 1.54) is 0 Å². The summed E-state index contributed by atoms with van der Waals surface area (Å²) in [5.41, 5.74) is 6.32. The molecule has 0 bridgehead atoms. The fourth-order valence-corrected chi connectivity index (χ4v) is 4.47. The van der Waals surface area contributed by atoms with Crippen LogP contribution in [0.2, 0.25) is 0 Å². The van der Waals surface area contributed by atoms with Crippen molar-refractivity contribution in [3.05, 3.63) is 95.1 Å². The highest BCUT2D eigenvalue weighted by molar-refractivity contribution is 6.16. The Morgan fingerprint density at radius 3 is 2.67 bits per heavy atom. The molecule has 3 heterocycles. The van der Waals surface area contributed by atoms with Crippen LogP contribution in [0, 0.1) is 20.8 Å². The van der Waals surface area contributed by atoms with Crippen LogP contribution in [-0.4, -0.2) is 38.8 Å². The van der Waals surface area contributed by atoms with E-state index in [4.69, 9.17) is 0 Å². The number of carbonyl (C=O) groups excluding carboxylic acids is 3. The molecule has 2 aromatic carbocycles. The lowest BCUT2D eigenvalue weighted by Gasteiger charge is -2.12. The van der Waals surface area contributed by atoms with Gasteiger partial charge in [-0.25, -0.2) is 9.69 Å². The monoisotopic (exact) mass is 479 g/mol. The van der Waals surface area contributed by atoms with Crippen molar-refractivity contribution in [1.29, 1.82) is 0 Å². The number of hydrogen-bond donors (Lipinski definition) is 2. The van der Waals surface area contributed by atoms with Crippen molar-refractivity contribution < 1.29 is 14.4 Å². The molecule has 2 aromatic heterocycles. The van der Waals surface area contributed by atoms with Crippen molar-refractivity contribution in [3.63, 3.8) is 0 Å². The van der Waals surface area contributed by atoms with Crippen LogP contribution in [0.25, 0.3) is 22.7 Å². The number of carbonyl (C=O) groups is 3. The van der Waals surface area contributed by atoms with E-state index in [1.807, 2.05) is 69.3 Å². The number of benzene rings is 2. The number of pyridine rings is 1. The maximum absolute atomic E-state index is 13.0. The van der Waals surface area contributed by atoms with Crippen LogP contribution in [0.4, 0.5) is 10.5 Å². The third-order valence-electron chi connectivity index (χ3n) is 6.18. The van der Waals surface area contributed by atoms with Gasteiger partial charge < -0.3 is 15.2 Å². The van der Waals surface area contributed by atoms with Gasteiger partial charge in [0, 0.05) is 34.3 Å². The zero-order valence-electron chi connectivity index (χ0n) is 20.2. The number of aryl methyl sites for hydroxylation is 2. The Morgan fingerprint density at radius 1 is 1.03 bits per heavy atom. The lowest BCUT2D eigenvalue weighted by atomic mass is 10.2. The van der Waals surface area contributed by atoms with Gasteiger partial charge in [-0.05, 0) is 80.4 Å². The zero-order valence-corrected chi connectivity index (χ0v) is 20.2. The van der Waals surface area contributed by atoms with E-state index in [0.29, 0.717) is 5.69 Å². The van der Waals surface area contributed by atoms with E-state index >= 15 is 0 Å². The molecule has 0 saturated carbocycles. The molecule has 1 aliphatic heterocycles. The molecule has 1 fully saturated rings. The van der Waals surface area contributed by atoms with Crippen molar-refractivity contribution in [3.8, 4) is 5.69 Å². The Morgan fingerprint density at radius 2 is 1.86 bits per heavy atom. The molecule has 0 unspecified atom stereocenters. The fraction of sp³-hybridized carbons (Fsp3) is 0.143. The van der Waals surface area contributed by atoms with Gasteiger partial charge in [-0.3, -0.25) is 14.6 Å². The summed E-state index contributed by atoms with van der Waals surface area (Å²) in [6.45, 7) is 5.49. The molecule has 4 amide bonds. The number of rotatable bonds is 5. The summed E-state index contributed by atoms with van der Waals surface area (Å²) in [6.07, 6.45) is 3.42. The molecule has 0 atom stereocenters. The highest BCUT2D eigenvalue weighted by Gasteiger charge is 2.35. The number of urea groups is 1. The molecule has 1 aliphatic rings. The number of nitrogens with one attached hydrogen (secondary N) is 2. The molecule has 180 valence electrons. The van der Waals surface area contributed by atoms with Gasteiger partial charge in [0.05, 0.1) is 5.52 Å². The molecule has 0 spiro atoms. The van der Waals surface area contributed by atoms with Gasteiger partial charge in [-0.2, -0.15) is 0 Å². The van der Waals surface area contributed by atoms with E-state index in [1.54, 1.807) is 18.3 Å². The molecule has 2 N–H and O–H groups in total. The van der Waals surface area contributed by atoms with Gasteiger partial charge in [-0.1, -0.05) is 18.2 Å². The number of anilines is 1. The van der Waals surface area contributed by atoms with E-state index < -0.39 is 17.8 Å². The first-order valence-electron chi connectivity index (χ1n) is 11.6. The Bertz CT molecular complexity index is 1570. The van der Waals surface area contributed by atoms with Gasteiger partial charge in [-0.15, -0.1) is 0 Å². The number of aromatic nitrogens is 2. The van der Waals surface area contributed by atoms with Gasteiger partial charge in [0.1, 0.15) is 12.2 Å². The maximum Gasteiger partial charge on any atom is 0.329 e. The quantitative estimate of drug-likeness (QED) is 0.326. The minimum atomic E-state index is -0.624. The first kappa shape index (κ1) is 23.0. The van der Waals surface area contributed by atoms with Crippen LogP contribution < -0.4 is 10.6 Å². The molecule has 36 heavy (non-hydrogen) atoms. The normalized spacial score (nSPS) is 14.5. The first-order chi connectivity index (χ1) is 17.3. The minimum absolute atomic E-state index is 0.131. The van der Waals surface area contributed by atoms with Gasteiger partial charge in [0.25, 0.3) is 5.91 Å². The third kappa shape index (κ3) is 4.36. The fourth-order valence-electron chi connectivity index (χ4n) is 4.47. The van der Waals surface area contributed by atoms with Crippen molar-refractivity contribution in [2.45, 2.75) is 20.8 Å². The number of fused-ring (bicyclic) bond motifs is 1. The zero-order chi connectivity index (χ0) is 25.4. The third-order valence-corrected chi connectivity index (χ3v) is 6.18. The summed E-state index contributed by atoms with van der Waals surface area (Å²) in [5, 5.41) is 6.36. The summed E-state index contributed by atoms with van der Waals surface area (Å²) in [7, 11) is 0. The van der Waals surface area contributed by atoms with E-state index in [9.17, 15) is 14.4 Å².